The Kier molecular flexibility index (Phi) is 6.43. The van der Waals surface area contributed by atoms with Crippen LogP contribution in [0.25, 0.3) is 0 Å². The molecule has 18 heavy (non-hydrogen) atoms. The van der Waals surface area contributed by atoms with E-state index in [1.807, 2.05) is 7.05 Å². The number of anilines is 2. The molecule has 0 fully saturated rings. The molecule has 3 N–H and O–H groups in total. The molecule has 0 aromatic carbocycles. The highest BCUT2D eigenvalue weighted by Gasteiger charge is 2.10. The molecule has 0 saturated carbocycles. The molecule has 0 spiro atoms. The van der Waals surface area contributed by atoms with Crippen LogP contribution < -0.4 is 10.6 Å². The van der Waals surface area contributed by atoms with E-state index < -0.39 is 0 Å². The van der Waals surface area contributed by atoms with Crippen LogP contribution in [-0.4, -0.2) is 34.8 Å². The molecular weight excluding hydrogens is 228 g/mol. The molecule has 0 aliphatic carbocycles. The Bertz CT molecular complexity index is 357. The average molecular weight is 252 g/mol. The zero-order valence-corrected chi connectivity index (χ0v) is 11.5. The van der Waals surface area contributed by atoms with E-state index in [-0.39, 0.29) is 6.10 Å². The summed E-state index contributed by atoms with van der Waals surface area (Å²) in [7, 11) is 1.86. The Morgan fingerprint density at radius 2 is 1.94 bits per heavy atom. The minimum absolute atomic E-state index is 0.322. The van der Waals surface area contributed by atoms with Gasteiger partial charge in [0.15, 0.2) is 0 Å². The lowest BCUT2D eigenvalue weighted by atomic mass is 10.1. The van der Waals surface area contributed by atoms with Crippen LogP contribution in [0.15, 0.2) is 6.33 Å². The van der Waals surface area contributed by atoms with E-state index in [0.717, 1.165) is 42.9 Å². The lowest BCUT2D eigenvalue weighted by Gasteiger charge is -2.15. The minimum atomic E-state index is -0.322. The molecule has 5 nitrogen and oxygen atoms in total. The van der Waals surface area contributed by atoms with Crippen LogP contribution in [-0.2, 0) is 6.42 Å². The van der Waals surface area contributed by atoms with Crippen molar-refractivity contribution in [2.75, 3.05) is 24.2 Å². The van der Waals surface area contributed by atoms with Gasteiger partial charge in [-0.05, 0) is 12.8 Å². The zero-order valence-electron chi connectivity index (χ0n) is 11.5. The van der Waals surface area contributed by atoms with Gasteiger partial charge in [-0.2, -0.15) is 0 Å². The first kappa shape index (κ1) is 14.7. The highest BCUT2D eigenvalue weighted by molar-refractivity contribution is 5.57. The molecule has 1 aromatic rings. The molecule has 1 rings (SSSR count). The van der Waals surface area contributed by atoms with E-state index in [4.69, 9.17) is 0 Å². The maximum absolute atomic E-state index is 9.74. The van der Waals surface area contributed by atoms with Crippen molar-refractivity contribution < 1.29 is 5.11 Å². The van der Waals surface area contributed by atoms with Crippen molar-refractivity contribution in [1.82, 2.24) is 9.97 Å². The standard InChI is InChI=1S/C13H24N4O/c1-4-6-10(18)8-15-13-11(7-5-2)12(14-3)16-9-17-13/h9-10,18H,4-8H2,1-3H3,(H2,14,15,16,17). The Balaban J connectivity index is 2.74. The minimum Gasteiger partial charge on any atom is -0.391 e. The molecule has 5 heteroatoms. The van der Waals surface area contributed by atoms with Gasteiger partial charge in [-0.15, -0.1) is 0 Å². The van der Waals surface area contributed by atoms with Gasteiger partial charge in [-0.3, -0.25) is 0 Å². The normalized spacial score (nSPS) is 12.2. The van der Waals surface area contributed by atoms with Gasteiger partial charge >= 0.3 is 0 Å². The number of nitrogens with zero attached hydrogens (tertiary/aromatic N) is 2. The Morgan fingerprint density at radius 3 is 2.56 bits per heavy atom. The third-order valence-corrected chi connectivity index (χ3v) is 2.81. The van der Waals surface area contributed by atoms with Crippen molar-refractivity contribution in [3.8, 4) is 0 Å². The summed E-state index contributed by atoms with van der Waals surface area (Å²) in [6.45, 7) is 4.72. The number of nitrogens with one attached hydrogen (secondary N) is 2. The Hall–Kier alpha value is -1.36. The van der Waals surface area contributed by atoms with Crippen LogP contribution in [0.4, 0.5) is 11.6 Å². The lowest BCUT2D eigenvalue weighted by molar-refractivity contribution is 0.176. The summed E-state index contributed by atoms with van der Waals surface area (Å²) >= 11 is 0. The van der Waals surface area contributed by atoms with Gasteiger partial charge < -0.3 is 15.7 Å². The monoisotopic (exact) mass is 252 g/mol. The lowest BCUT2D eigenvalue weighted by Crippen LogP contribution is -2.20. The predicted octanol–water partition coefficient (Wildman–Crippen LogP) is 2.04. The molecule has 1 aromatic heterocycles. The first-order valence-electron chi connectivity index (χ1n) is 6.66. The predicted molar refractivity (Wildman–Crippen MR) is 75.0 cm³/mol. The summed E-state index contributed by atoms with van der Waals surface area (Å²) < 4.78 is 0. The second-order valence-corrected chi connectivity index (χ2v) is 4.37. The van der Waals surface area contributed by atoms with Crippen molar-refractivity contribution >= 4 is 11.6 Å². The van der Waals surface area contributed by atoms with Crippen LogP contribution in [0.1, 0.15) is 38.7 Å². The summed E-state index contributed by atoms with van der Waals surface area (Å²) in [6.07, 6.45) is 4.96. The van der Waals surface area contributed by atoms with E-state index in [2.05, 4.69) is 34.4 Å². The third kappa shape index (κ3) is 4.14. The molecular formula is C13H24N4O. The summed E-state index contributed by atoms with van der Waals surface area (Å²) in [5, 5.41) is 16.0. The second-order valence-electron chi connectivity index (χ2n) is 4.37. The van der Waals surface area contributed by atoms with Crippen LogP contribution in [0, 0.1) is 0 Å². The van der Waals surface area contributed by atoms with Crippen LogP contribution in [0.5, 0.6) is 0 Å². The van der Waals surface area contributed by atoms with E-state index in [0.29, 0.717) is 6.54 Å². The van der Waals surface area contributed by atoms with Crippen molar-refractivity contribution in [2.24, 2.45) is 0 Å². The fourth-order valence-electron chi connectivity index (χ4n) is 1.92. The topological polar surface area (TPSA) is 70.1 Å². The molecule has 0 aliphatic rings. The van der Waals surface area contributed by atoms with Crippen LogP contribution in [0.3, 0.4) is 0 Å². The highest BCUT2D eigenvalue weighted by Crippen LogP contribution is 2.21. The Morgan fingerprint density at radius 1 is 1.22 bits per heavy atom. The second kappa shape index (κ2) is 7.87. The van der Waals surface area contributed by atoms with E-state index >= 15 is 0 Å². The molecule has 0 aliphatic heterocycles. The fraction of sp³-hybridized carbons (Fsp3) is 0.692. The number of aliphatic hydroxyl groups excluding tert-OH is 1. The summed E-state index contributed by atoms with van der Waals surface area (Å²) in [5.41, 5.74) is 1.09. The summed E-state index contributed by atoms with van der Waals surface area (Å²) in [4.78, 5) is 8.48. The molecule has 1 heterocycles. The number of aliphatic hydroxyl groups is 1. The number of hydrogen-bond acceptors (Lipinski definition) is 5. The summed E-state index contributed by atoms with van der Waals surface area (Å²) in [5.74, 6) is 1.69. The van der Waals surface area contributed by atoms with Gasteiger partial charge in [0.1, 0.15) is 18.0 Å². The number of aromatic nitrogens is 2. The molecule has 0 amide bonds. The number of hydrogen-bond donors (Lipinski definition) is 3. The van der Waals surface area contributed by atoms with Gasteiger partial charge in [0.2, 0.25) is 0 Å². The molecule has 0 saturated heterocycles. The largest absolute Gasteiger partial charge is 0.391 e. The van der Waals surface area contributed by atoms with Gasteiger partial charge in [0, 0.05) is 19.2 Å². The third-order valence-electron chi connectivity index (χ3n) is 2.81. The first-order chi connectivity index (χ1) is 8.72. The first-order valence-corrected chi connectivity index (χ1v) is 6.66. The van der Waals surface area contributed by atoms with Crippen molar-refractivity contribution in [3.63, 3.8) is 0 Å². The van der Waals surface area contributed by atoms with E-state index in [1.54, 1.807) is 6.33 Å². The van der Waals surface area contributed by atoms with E-state index in [9.17, 15) is 5.11 Å². The Labute approximate surface area is 109 Å². The maximum Gasteiger partial charge on any atom is 0.134 e. The maximum atomic E-state index is 9.74. The van der Waals surface area contributed by atoms with Crippen molar-refractivity contribution in [2.45, 2.75) is 45.6 Å². The SMILES string of the molecule is CCCc1c(NC)ncnc1NCC(O)CCC. The summed E-state index contributed by atoms with van der Waals surface area (Å²) in [6, 6.07) is 0. The molecule has 0 radical (unpaired) electrons. The molecule has 0 bridgehead atoms. The zero-order chi connectivity index (χ0) is 13.4. The van der Waals surface area contributed by atoms with E-state index in [1.165, 1.54) is 0 Å². The fourth-order valence-corrected chi connectivity index (χ4v) is 1.92. The molecule has 1 atom stereocenters. The van der Waals surface area contributed by atoms with Gasteiger partial charge in [-0.1, -0.05) is 26.7 Å². The number of rotatable bonds is 8. The molecule has 1 unspecified atom stereocenters. The molecule has 102 valence electrons. The highest BCUT2D eigenvalue weighted by atomic mass is 16.3. The van der Waals surface area contributed by atoms with Crippen molar-refractivity contribution in [1.29, 1.82) is 0 Å². The van der Waals surface area contributed by atoms with Crippen LogP contribution in [0.2, 0.25) is 0 Å². The van der Waals surface area contributed by atoms with Gasteiger partial charge in [0.05, 0.1) is 6.10 Å². The van der Waals surface area contributed by atoms with Gasteiger partial charge in [-0.25, -0.2) is 9.97 Å². The average Bonchev–Trinajstić information content (AvgIpc) is 2.38. The van der Waals surface area contributed by atoms with Crippen molar-refractivity contribution in [3.05, 3.63) is 11.9 Å². The smallest absolute Gasteiger partial charge is 0.134 e. The van der Waals surface area contributed by atoms with Crippen LogP contribution >= 0.6 is 0 Å². The quantitative estimate of drug-likeness (QED) is 0.660. The van der Waals surface area contributed by atoms with Gasteiger partial charge in [0.25, 0.3) is 0 Å².